The number of piperazine rings is 1. The van der Waals surface area contributed by atoms with E-state index in [0.717, 1.165) is 44.7 Å². The first-order valence-corrected chi connectivity index (χ1v) is 17.1. The first-order chi connectivity index (χ1) is 18.1. The minimum atomic E-state index is 0.251. The topological polar surface area (TPSA) is 23.6 Å². The summed E-state index contributed by atoms with van der Waals surface area (Å²) >= 11 is 0. The highest BCUT2D eigenvalue weighted by atomic mass is 16.2. The van der Waals surface area contributed by atoms with E-state index in [0.29, 0.717) is 18.0 Å². The quantitative estimate of drug-likeness (QED) is 0.125. The summed E-state index contributed by atoms with van der Waals surface area (Å²) in [6.07, 6.45) is 25.6. The van der Waals surface area contributed by atoms with E-state index in [-0.39, 0.29) is 5.92 Å². The molecule has 1 rings (SSSR count). The number of carbonyl (C=O) groups excluding carboxylic acids is 1. The van der Waals surface area contributed by atoms with Crippen LogP contribution in [0.3, 0.4) is 0 Å². The highest BCUT2D eigenvalue weighted by Gasteiger charge is 2.38. The molecule has 0 aromatic carbocycles. The van der Waals surface area contributed by atoms with Crippen LogP contribution in [0.15, 0.2) is 0 Å². The Labute approximate surface area is 233 Å². The van der Waals surface area contributed by atoms with Crippen molar-refractivity contribution in [3.8, 4) is 0 Å². The zero-order valence-electron chi connectivity index (χ0n) is 26.4. The lowest BCUT2D eigenvalue weighted by molar-refractivity contribution is -0.145. The van der Waals surface area contributed by atoms with Crippen molar-refractivity contribution >= 4 is 5.91 Å². The summed E-state index contributed by atoms with van der Waals surface area (Å²) < 4.78 is 0. The lowest BCUT2D eigenvalue weighted by atomic mass is 9.90. The van der Waals surface area contributed by atoms with E-state index < -0.39 is 0 Å². The highest BCUT2D eigenvalue weighted by Crippen LogP contribution is 2.28. The molecule has 1 aliphatic heterocycles. The van der Waals surface area contributed by atoms with E-state index in [9.17, 15) is 4.79 Å². The molecule has 1 heterocycles. The Morgan fingerprint density at radius 3 is 1.57 bits per heavy atom. The fourth-order valence-electron chi connectivity index (χ4n) is 6.59. The van der Waals surface area contributed by atoms with Crippen LogP contribution in [-0.2, 0) is 4.79 Å². The average Bonchev–Trinajstić information content (AvgIpc) is 2.92. The summed E-state index contributed by atoms with van der Waals surface area (Å²) in [4.78, 5) is 19.1. The fraction of sp³-hybridized carbons (Fsp3) is 0.971. The third kappa shape index (κ3) is 13.9. The summed E-state index contributed by atoms with van der Waals surface area (Å²) in [6.45, 7) is 17.2. The van der Waals surface area contributed by atoms with Crippen molar-refractivity contribution in [2.75, 3.05) is 19.6 Å². The van der Waals surface area contributed by atoms with Gasteiger partial charge in [-0.15, -0.1) is 0 Å². The standard InChI is InChI=1S/C34H68N2O/c1-7-13-17-19-26-31(25-18-14-8-2)34(37)36-32(11-5)28-35(29-33(36)12-6)27-21-20-24-30(22-15-9-3)23-16-10-4/h30-33H,7-29H2,1-6H3/t31?,32-,33+. The number of hydrogen-bond acceptors (Lipinski definition) is 2. The number of amides is 1. The van der Waals surface area contributed by atoms with Crippen LogP contribution in [0.1, 0.15) is 170 Å². The van der Waals surface area contributed by atoms with Crippen molar-refractivity contribution < 1.29 is 4.79 Å². The molecule has 37 heavy (non-hydrogen) atoms. The van der Waals surface area contributed by atoms with Crippen molar-refractivity contribution in [1.29, 1.82) is 0 Å². The van der Waals surface area contributed by atoms with E-state index in [2.05, 4.69) is 51.3 Å². The lowest BCUT2D eigenvalue weighted by Gasteiger charge is -2.48. The van der Waals surface area contributed by atoms with E-state index in [1.807, 2.05) is 0 Å². The van der Waals surface area contributed by atoms with Crippen LogP contribution < -0.4 is 0 Å². The van der Waals surface area contributed by atoms with Crippen LogP contribution in [0.5, 0.6) is 0 Å². The maximum Gasteiger partial charge on any atom is 0.226 e. The molecule has 1 amide bonds. The van der Waals surface area contributed by atoms with Crippen LogP contribution in [0.25, 0.3) is 0 Å². The first-order valence-electron chi connectivity index (χ1n) is 17.1. The van der Waals surface area contributed by atoms with E-state index in [1.54, 1.807) is 0 Å². The molecule has 1 unspecified atom stereocenters. The molecule has 0 bridgehead atoms. The number of hydrogen-bond donors (Lipinski definition) is 0. The second kappa shape index (κ2) is 22.3. The van der Waals surface area contributed by atoms with Crippen LogP contribution in [-0.4, -0.2) is 47.4 Å². The Morgan fingerprint density at radius 2 is 1.05 bits per heavy atom. The molecule has 1 aliphatic rings. The number of unbranched alkanes of at least 4 members (excludes halogenated alkanes) is 8. The maximum absolute atomic E-state index is 14.0. The molecule has 3 atom stereocenters. The van der Waals surface area contributed by atoms with Gasteiger partial charge in [-0.25, -0.2) is 0 Å². The number of nitrogens with zero attached hydrogens (tertiary/aromatic N) is 2. The van der Waals surface area contributed by atoms with Gasteiger partial charge in [0.05, 0.1) is 0 Å². The first kappa shape index (κ1) is 34.5. The Hall–Kier alpha value is -0.570. The normalized spacial score (nSPS) is 19.6. The molecule has 1 saturated heterocycles. The van der Waals surface area contributed by atoms with Crippen molar-refractivity contribution in [1.82, 2.24) is 9.80 Å². The SMILES string of the molecule is CCCCCCC(CCCCC)C(=O)N1[C@H](CC)CN(CCCCC(CCCC)CCCC)C[C@@H]1CC. The predicted molar refractivity (Wildman–Crippen MR) is 164 cm³/mol. The molecule has 0 saturated carbocycles. The van der Waals surface area contributed by atoms with Gasteiger partial charge in [-0.1, -0.05) is 138 Å². The Morgan fingerprint density at radius 1 is 0.595 bits per heavy atom. The minimum absolute atomic E-state index is 0.251. The molecule has 0 aromatic heterocycles. The van der Waals surface area contributed by atoms with E-state index in [4.69, 9.17) is 0 Å². The Balaban J connectivity index is 2.69. The Bertz CT molecular complexity index is 514. The summed E-state index contributed by atoms with van der Waals surface area (Å²) in [6, 6.07) is 0.801. The van der Waals surface area contributed by atoms with Gasteiger partial charge in [-0.2, -0.15) is 0 Å². The molecular weight excluding hydrogens is 452 g/mol. The van der Waals surface area contributed by atoms with Crippen molar-refractivity contribution in [2.45, 2.75) is 182 Å². The van der Waals surface area contributed by atoms with Gasteiger partial charge in [-0.3, -0.25) is 9.69 Å². The van der Waals surface area contributed by atoms with Gasteiger partial charge < -0.3 is 4.90 Å². The van der Waals surface area contributed by atoms with E-state index >= 15 is 0 Å². The zero-order chi connectivity index (χ0) is 27.3. The molecule has 3 heteroatoms. The van der Waals surface area contributed by atoms with Gasteiger partial charge >= 0.3 is 0 Å². The summed E-state index contributed by atoms with van der Waals surface area (Å²) in [5.74, 6) is 1.70. The summed E-state index contributed by atoms with van der Waals surface area (Å²) in [5.41, 5.74) is 0. The average molecular weight is 521 g/mol. The largest absolute Gasteiger partial charge is 0.334 e. The third-order valence-corrected chi connectivity index (χ3v) is 9.10. The third-order valence-electron chi connectivity index (χ3n) is 9.10. The summed E-state index contributed by atoms with van der Waals surface area (Å²) in [5, 5.41) is 0. The van der Waals surface area contributed by atoms with Gasteiger partial charge in [0.15, 0.2) is 0 Å². The molecular formula is C34H68N2O. The highest BCUT2D eigenvalue weighted by molar-refractivity contribution is 5.79. The predicted octanol–water partition coefficient (Wildman–Crippen LogP) is 10.0. The molecule has 3 nitrogen and oxygen atoms in total. The molecule has 0 radical (unpaired) electrons. The Kier molecular flexibility index (Phi) is 20.7. The molecule has 220 valence electrons. The number of rotatable bonds is 23. The maximum atomic E-state index is 14.0. The van der Waals surface area contributed by atoms with Crippen LogP contribution in [0.4, 0.5) is 0 Å². The van der Waals surface area contributed by atoms with Crippen LogP contribution >= 0.6 is 0 Å². The molecule has 0 aliphatic carbocycles. The molecule has 1 fully saturated rings. The minimum Gasteiger partial charge on any atom is -0.334 e. The monoisotopic (exact) mass is 521 g/mol. The van der Waals surface area contributed by atoms with E-state index in [1.165, 1.54) is 109 Å². The van der Waals surface area contributed by atoms with Gasteiger partial charge in [0.2, 0.25) is 5.91 Å². The van der Waals surface area contributed by atoms with Crippen LogP contribution in [0.2, 0.25) is 0 Å². The number of carbonyl (C=O) groups is 1. The van der Waals surface area contributed by atoms with Crippen molar-refractivity contribution in [2.24, 2.45) is 11.8 Å². The molecule has 0 N–H and O–H groups in total. The smallest absolute Gasteiger partial charge is 0.226 e. The lowest BCUT2D eigenvalue weighted by Crippen LogP contribution is -2.61. The second-order valence-electron chi connectivity index (χ2n) is 12.3. The zero-order valence-corrected chi connectivity index (χ0v) is 26.4. The van der Waals surface area contributed by atoms with Gasteiger partial charge in [0.25, 0.3) is 0 Å². The second-order valence-corrected chi connectivity index (χ2v) is 12.3. The molecule has 0 aromatic rings. The van der Waals surface area contributed by atoms with Crippen molar-refractivity contribution in [3.63, 3.8) is 0 Å². The van der Waals surface area contributed by atoms with Crippen LogP contribution in [0, 0.1) is 11.8 Å². The van der Waals surface area contributed by atoms with Gasteiger partial charge in [-0.05, 0) is 44.6 Å². The van der Waals surface area contributed by atoms with Gasteiger partial charge in [0.1, 0.15) is 0 Å². The molecule has 0 spiro atoms. The fourth-order valence-corrected chi connectivity index (χ4v) is 6.59. The van der Waals surface area contributed by atoms with Gasteiger partial charge in [0, 0.05) is 31.1 Å². The summed E-state index contributed by atoms with van der Waals surface area (Å²) in [7, 11) is 0. The van der Waals surface area contributed by atoms with Crippen molar-refractivity contribution in [3.05, 3.63) is 0 Å².